The fourth-order valence-corrected chi connectivity index (χ4v) is 0.611. The lowest BCUT2D eigenvalue weighted by molar-refractivity contribution is 0.797. The summed E-state index contributed by atoms with van der Waals surface area (Å²) in [5, 5.41) is 2.91. The topological polar surface area (TPSA) is 50.4 Å². The van der Waals surface area contributed by atoms with E-state index in [0.717, 1.165) is 6.54 Å². The van der Waals surface area contributed by atoms with Gasteiger partial charge in [-0.05, 0) is 0 Å². The van der Waals surface area contributed by atoms with E-state index in [1.807, 2.05) is 0 Å². The average molecular weight is 111 g/mol. The Labute approximate surface area is 48.3 Å². The lowest BCUT2D eigenvalue weighted by Crippen LogP contribution is -2.33. The average Bonchev–Trinajstić information content (AvgIpc) is 2.14. The summed E-state index contributed by atoms with van der Waals surface area (Å²) in [6.07, 6.45) is 1.80. The predicted molar refractivity (Wildman–Crippen MR) is 33.6 cm³/mol. The molecular formula is C5H9N3. The minimum absolute atomic E-state index is 0.259. The SMILES string of the molecule is C=CC1CN=C(N)N1. The largest absolute Gasteiger partial charge is 0.370 e. The first-order valence-corrected chi connectivity index (χ1v) is 2.52. The van der Waals surface area contributed by atoms with Crippen molar-refractivity contribution in [1.29, 1.82) is 0 Å². The Hall–Kier alpha value is -0.990. The molecule has 0 aromatic carbocycles. The van der Waals surface area contributed by atoms with E-state index in [9.17, 15) is 0 Å². The molecule has 0 bridgehead atoms. The summed E-state index contributed by atoms with van der Waals surface area (Å²) in [7, 11) is 0. The van der Waals surface area contributed by atoms with Crippen molar-refractivity contribution < 1.29 is 0 Å². The molecule has 1 aliphatic heterocycles. The van der Waals surface area contributed by atoms with Gasteiger partial charge in [-0.2, -0.15) is 0 Å². The van der Waals surface area contributed by atoms with Crippen LogP contribution in [0.15, 0.2) is 17.6 Å². The minimum atomic E-state index is 0.259. The van der Waals surface area contributed by atoms with E-state index < -0.39 is 0 Å². The molecule has 3 heteroatoms. The molecule has 0 amide bonds. The first kappa shape index (κ1) is 5.15. The van der Waals surface area contributed by atoms with Crippen molar-refractivity contribution in [1.82, 2.24) is 5.32 Å². The van der Waals surface area contributed by atoms with E-state index in [1.54, 1.807) is 6.08 Å². The zero-order valence-corrected chi connectivity index (χ0v) is 4.59. The molecule has 3 N–H and O–H groups in total. The number of guanidine groups is 1. The molecule has 1 heterocycles. The van der Waals surface area contributed by atoms with Crippen LogP contribution in [0.1, 0.15) is 0 Å². The third-order valence-corrected chi connectivity index (χ3v) is 1.08. The highest BCUT2D eigenvalue weighted by molar-refractivity contribution is 5.80. The first-order chi connectivity index (χ1) is 3.83. The summed E-state index contributed by atoms with van der Waals surface area (Å²) in [6.45, 7) is 4.32. The van der Waals surface area contributed by atoms with Crippen LogP contribution in [0.5, 0.6) is 0 Å². The van der Waals surface area contributed by atoms with E-state index >= 15 is 0 Å². The normalized spacial score (nSPS) is 26.5. The van der Waals surface area contributed by atoms with Gasteiger partial charge in [0, 0.05) is 0 Å². The van der Waals surface area contributed by atoms with Crippen molar-refractivity contribution in [3.63, 3.8) is 0 Å². The van der Waals surface area contributed by atoms with Crippen molar-refractivity contribution in [2.75, 3.05) is 6.54 Å². The van der Waals surface area contributed by atoms with Crippen LogP contribution in [0, 0.1) is 0 Å². The second-order valence-corrected chi connectivity index (χ2v) is 1.71. The summed E-state index contributed by atoms with van der Waals surface area (Å²) in [5.74, 6) is 0.523. The Kier molecular flexibility index (Phi) is 1.20. The van der Waals surface area contributed by atoms with Crippen LogP contribution in [-0.4, -0.2) is 18.5 Å². The molecule has 1 atom stereocenters. The second-order valence-electron chi connectivity index (χ2n) is 1.71. The first-order valence-electron chi connectivity index (χ1n) is 2.52. The second kappa shape index (κ2) is 1.86. The van der Waals surface area contributed by atoms with E-state index in [4.69, 9.17) is 5.73 Å². The molecule has 0 spiro atoms. The monoisotopic (exact) mass is 111 g/mol. The Morgan fingerprint density at radius 1 is 2.00 bits per heavy atom. The fraction of sp³-hybridized carbons (Fsp3) is 0.400. The molecule has 0 saturated carbocycles. The van der Waals surface area contributed by atoms with E-state index in [2.05, 4.69) is 16.9 Å². The highest BCUT2D eigenvalue weighted by atomic mass is 15.2. The van der Waals surface area contributed by atoms with E-state index in [1.165, 1.54) is 0 Å². The van der Waals surface area contributed by atoms with Crippen LogP contribution in [-0.2, 0) is 0 Å². The van der Waals surface area contributed by atoms with Crippen LogP contribution in [0.4, 0.5) is 0 Å². The molecule has 0 radical (unpaired) electrons. The molecule has 0 saturated heterocycles. The van der Waals surface area contributed by atoms with Crippen LogP contribution >= 0.6 is 0 Å². The lowest BCUT2D eigenvalue weighted by atomic mass is 10.3. The van der Waals surface area contributed by atoms with Gasteiger partial charge < -0.3 is 11.1 Å². The number of aliphatic imine (C=N–C) groups is 1. The van der Waals surface area contributed by atoms with Gasteiger partial charge in [-0.15, -0.1) is 6.58 Å². The molecule has 0 fully saturated rings. The zero-order valence-electron chi connectivity index (χ0n) is 4.59. The van der Waals surface area contributed by atoms with Gasteiger partial charge in [0.15, 0.2) is 5.96 Å². The molecule has 44 valence electrons. The zero-order chi connectivity index (χ0) is 5.98. The van der Waals surface area contributed by atoms with Gasteiger partial charge in [0.25, 0.3) is 0 Å². The van der Waals surface area contributed by atoms with Crippen molar-refractivity contribution in [3.8, 4) is 0 Å². The summed E-state index contributed by atoms with van der Waals surface area (Å²) < 4.78 is 0. The summed E-state index contributed by atoms with van der Waals surface area (Å²) in [5.41, 5.74) is 5.29. The van der Waals surface area contributed by atoms with Gasteiger partial charge in [-0.3, -0.25) is 4.99 Å². The molecular weight excluding hydrogens is 102 g/mol. The summed E-state index contributed by atoms with van der Waals surface area (Å²) in [6, 6.07) is 0.259. The Morgan fingerprint density at radius 2 is 2.75 bits per heavy atom. The third kappa shape index (κ3) is 0.804. The minimum Gasteiger partial charge on any atom is -0.370 e. The smallest absolute Gasteiger partial charge is 0.189 e. The van der Waals surface area contributed by atoms with Crippen LogP contribution < -0.4 is 11.1 Å². The maximum atomic E-state index is 5.29. The molecule has 1 aliphatic rings. The van der Waals surface area contributed by atoms with Crippen LogP contribution in [0.25, 0.3) is 0 Å². The van der Waals surface area contributed by atoms with Crippen molar-refractivity contribution in [3.05, 3.63) is 12.7 Å². The van der Waals surface area contributed by atoms with Gasteiger partial charge in [-0.1, -0.05) is 6.08 Å². The Bertz CT molecular complexity index is 128. The van der Waals surface area contributed by atoms with Gasteiger partial charge >= 0.3 is 0 Å². The van der Waals surface area contributed by atoms with Gasteiger partial charge in [-0.25, -0.2) is 0 Å². The number of nitrogens with zero attached hydrogens (tertiary/aromatic N) is 1. The third-order valence-electron chi connectivity index (χ3n) is 1.08. The molecule has 0 aromatic heterocycles. The number of hydrogen-bond acceptors (Lipinski definition) is 3. The number of nitrogens with two attached hydrogens (primary N) is 1. The van der Waals surface area contributed by atoms with Crippen molar-refractivity contribution in [2.45, 2.75) is 6.04 Å². The van der Waals surface area contributed by atoms with Crippen LogP contribution in [0.3, 0.4) is 0 Å². The van der Waals surface area contributed by atoms with E-state index in [-0.39, 0.29) is 6.04 Å². The molecule has 1 rings (SSSR count). The quantitative estimate of drug-likeness (QED) is 0.446. The van der Waals surface area contributed by atoms with E-state index in [0.29, 0.717) is 5.96 Å². The summed E-state index contributed by atoms with van der Waals surface area (Å²) >= 11 is 0. The predicted octanol–water partition coefficient (Wildman–Crippen LogP) is -0.541. The number of rotatable bonds is 1. The highest BCUT2D eigenvalue weighted by Crippen LogP contribution is 1.91. The fourth-order valence-electron chi connectivity index (χ4n) is 0.611. The molecule has 1 unspecified atom stereocenters. The Morgan fingerprint density at radius 3 is 3.00 bits per heavy atom. The standard InChI is InChI=1S/C5H9N3/c1-2-4-3-7-5(6)8-4/h2,4H,1,3H2,(H3,6,7,8). The molecule has 0 aliphatic carbocycles. The molecule has 0 aromatic rings. The van der Waals surface area contributed by atoms with Gasteiger partial charge in [0.2, 0.25) is 0 Å². The van der Waals surface area contributed by atoms with Gasteiger partial charge in [0.1, 0.15) is 0 Å². The van der Waals surface area contributed by atoms with Crippen molar-refractivity contribution in [2.24, 2.45) is 10.7 Å². The highest BCUT2D eigenvalue weighted by Gasteiger charge is 2.09. The summed E-state index contributed by atoms with van der Waals surface area (Å²) in [4.78, 5) is 3.90. The van der Waals surface area contributed by atoms with Crippen LogP contribution in [0.2, 0.25) is 0 Å². The van der Waals surface area contributed by atoms with Gasteiger partial charge in [0.05, 0.1) is 12.6 Å². The molecule has 3 nitrogen and oxygen atoms in total. The number of hydrogen-bond donors (Lipinski definition) is 2. The Balaban J connectivity index is 2.43. The maximum Gasteiger partial charge on any atom is 0.189 e. The molecule has 8 heavy (non-hydrogen) atoms. The number of nitrogens with one attached hydrogen (secondary N) is 1. The maximum absolute atomic E-state index is 5.29. The van der Waals surface area contributed by atoms with Crippen molar-refractivity contribution >= 4 is 5.96 Å². The lowest BCUT2D eigenvalue weighted by Gasteiger charge is -2.00.